The van der Waals surface area contributed by atoms with Gasteiger partial charge >= 0.3 is 0 Å². The van der Waals surface area contributed by atoms with E-state index in [1.807, 2.05) is 44.2 Å². The molecule has 5 aliphatic rings. The number of likely N-dealkylation sites (N-methyl/N-ethyl adjacent to an activating group) is 1. The van der Waals surface area contributed by atoms with Crippen molar-refractivity contribution in [2.24, 2.45) is 11.3 Å². The summed E-state index contributed by atoms with van der Waals surface area (Å²) in [6.07, 6.45) is 6.63. The Labute approximate surface area is 364 Å². The lowest BCUT2D eigenvalue weighted by molar-refractivity contribution is -0.137. The van der Waals surface area contributed by atoms with Crippen molar-refractivity contribution in [3.63, 3.8) is 0 Å². The van der Waals surface area contributed by atoms with E-state index in [9.17, 15) is 24.0 Å². The normalized spacial score (nSPS) is 22.0. The Bertz CT molecular complexity index is 2500. The van der Waals surface area contributed by atoms with Crippen molar-refractivity contribution in [3.8, 4) is 5.75 Å². The molecule has 4 aromatic rings. The first-order valence-corrected chi connectivity index (χ1v) is 22.1. The van der Waals surface area contributed by atoms with Crippen LogP contribution in [0.4, 0.5) is 23.1 Å². The summed E-state index contributed by atoms with van der Waals surface area (Å²) in [5, 5.41) is 9.41. The second-order valence-corrected chi connectivity index (χ2v) is 18.2. The van der Waals surface area contributed by atoms with Gasteiger partial charge in [0.15, 0.2) is 18.2 Å². The quantitative estimate of drug-likeness (QED) is 0.181. The summed E-state index contributed by atoms with van der Waals surface area (Å²) >= 11 is 6.63. The minimum atomic E-state index is -0.609. The van der Waals surface area contributed by atoms with E-state index in [1.165, 1.54) is 13.5 Å². The van der Waals surface area contributed by atoms with Gasteiger partial charge in [-0.3, -0.25) is 29.3 Å². The zero-order valence-electron chi connectivity index (χ0n) is 35.4. The van der Waals surface area contributed by atoms with Crippen LogP contribution in [0.3, 0.4) is 0 Å². The van der Waals surface area contributed by atoms with Crippen molar-refractivity contribution in [1.82, 2.24) is 35.0 Å². The largest absolute Gasteiger partial charge is 0.478 e. The fraction of sp³-hybridized carbons (Fsp3) is 0.489. The summed E-state index contributed by atoms with van der Waals surface area (Å²) in [6.45, 7) is 10.9. The molecule has 62 heavy (non-hydrogen) atoms. The molecule has 7 heterocycles. The number of rotatable bonds is 11. The third kappa shape index (κ3) is 8.17. The van der Waals surface area contributed by atoms with Gasteiger partial charge in [-0.25, -0.2) is 4.98 Å². The van der Waals surface area contributed by atoms with Gasteiger partial charge in [-0.05, 0) is 106 Å². The Hall–Kier alpha value is -5.74. The van der Waals surface area contributed by atoms with Crippen molar-refractivity contribution >= 4 is 69.3 Å². The van der Waals surface area contributed by atoms with Crippen LogP contribution in [0, 0.1) is 11.3 Å². The summed E-state index contributed by atoms with van der Waals surface area (Å²) in [7, 11) is 1.52. The highest BCUT2D eigenvalue weighted by Gasteiger charge is 2.45. The molecule has 0 bridgehead atoms. The van der Waals surface area contributed by atoms with Crippen LogP contribution in [-0.2, 0) is 20.9 Å². The Morgan fingerprint density at radius 1 is 0.984 bits per heavy atom. The van der Waals surface area contributed by atoms with Crippen molar-refractivity contribution in [2.75, 3.05) is 74.6 Å². The van der Waals surface area contributed by atoms with E-state index in [4.69, 9.17) is 21.3 Å². The molecule has 0 aliphatic carbocycles. The summed E-state index contributed by atoms with van der Waals surface area (Å²) < 4.78 is 7.29. The molecule has 17 heteroatoms. The lowest BCUT2D eigenvalue weighted by atomic mass is 9.86. The van der Waals surface area contributed by atoms with Crippen LogP contribution in [0.2, 0.25) is 5.02 Å². The highest BCUT2D eigenvalue weighted by molar-refractivity contribution is 6.33. The molecule has 0 saturated carbocycles. The zero-order chi connectivity index (χ0) is 43.3. The second kappa shape index (κ2) is 16.9. The van der Waals surface area contributed by atoms with Crippen molar-refractivity contribution in [3.05, 3.63) is 75.2 Å². The van der Waals surface area contributed by atoms with Crippen LogP contribution >= 0.6 is 11.6 Å². The molecule has 2 atom stereocenters. The van der Waals surface area contributed by atoms with E-state index < -0.39 is 6.04 Å². The second-order valence-electron chi connectivity index (χ2n) is 17.8. The molecule has 2 aromatic carbocycles. The predicted molar refractivity (Wildman–Crippen MR) is 236 cm³/mol. The topological polar surface area (TPSA) is 174 Å². The van der Waals surface area contributed by atoms with E-state index in [0.29, 0.717) is 41.2 Å². The van der Waals surface area contributed by atoms with Gasteiger partial charge in [0.05, 0.1) is 11.7 Å². The molecule has 0 unspecified atom stereocenters. The number of fused-ring (bicyclic) bond motifs is 2. The Morgan fingerprint density at radius 2 is 1.79 bits per heavy atom. The van der Waals surface area contributed by atoms with Gasteiger partial charge in [-0.2, -0.15) is 4.98 Å². The van der Waals surface area contributed by atoms with Crippen LogP contribution in [0.15, 0.2) is 53.5 Å². The first-order chi connectivity index (χ1) is 29.9. The Morgan fingerprint density at radius 3 is 2.56 bits per heavy atom. The fourth-order valence-electron chi connectivity index (χ4n) is 10.1. The average Bonchev–Trinajstić information content (AvgIpc) is 3.96. The van der Waals surface area contributed by atoms with Crippen LogP contribution in [0.5, 0.6) is 5.75 Å². The minimum Gasteiger partial charge on any atom is -0.478 e. The standard InChI is InChI=1S/C45H53ClN10O6/c1-27(2)56-35-7-4-31(18-29(35)20-37(43(56)61)62-24-39(58)47-3)49-40-34(46)21-48-44(51-40)53-14-10-28(11-15-53)22-52-16-12-45(25-52)13-17-54(26-45)32-5-6-33-30(19-32)23-55(42(33)60)36-8-9-38(57)50-41(36)59/h4-7,18-21,27-28,36H,8-17,22-26H2,1-3H3,(H,47,58)(H,48,49,51)(H,50,57,59)/t36-,45+/m1/s1. The third-order valence-electron chi connectivity index (χ3n) is 13.4. The number of benzene rings is 2. The first-order valence-electron chi connectivity index (χ1n) is 21.7. The smallest absolute Gasteiger partial charge is 0.293 e. The maximum absolute atomic E-state index is 13.3. The molecule has 5 aliphatic heterocycles. The molecule has 2 aromatic heterocycles. The molecule has 0 radical (unpaired) electrons. The lowest BCUT2D eigenvalue weighted by Gasteiger charge is -2.34. The average molecular weight is 865 g/mol. The number of piperidine rings is 2. The molecule has 326 valence electrons. The number of imide groups is 1. The number of nitrogens with one attached hydrogen (secondary N) is 3. The molecule has 9 rings (SSSR count). The third-order valence-corrected chi connectivity index (χ3v) is 13.7. The maximum Gasteiger partial charge on any atom is 0.293 e. The number of hydrogen-bond acceptors (Lipinski definition) is 12. The number of aromatic nitrogens is 3. The van der Waals surface area contributed by atoms with Gasteiger partial charge in [0.2, 0.25) is 17.8 Å². The number of amides is 4. The summed E-state index contributed by atoms with van der Waals surface area (Å²) in [5.41, 5.74) is 4.14. The van der Waals surface area contributed by atoms with Gasteiger partial charge < -0.3 is 39.5 Å². The zero-order valence-corrected chi connectivity index (χ0v) is 36.2. The maximum atomic E-state index is 13.3. The molecule has 16 nitrogen and oxygen atoms in total. The molecule has 4 amide bonds. The lowest BCUT2D eigenvalue weighted by Crippen LogP contribution is -2.52. The number of pyridine rings is 1. The number of likely N-dealkylation sites (tertiary alicyclic amines) is 1. The van der Waals surface area contributed by atoms with Gasteiger partial charge in [0.1, 0.15) is 11.1 Å². The van der Waals surface area contributed by atoms with E-state index in [1.54, 1.807) is 21.7 Å². The fourth-order valence-corrected chi connectivity index (χ4v) is 10.2. The number of carbonyl (C=O) groups is 4. The summed E-state index contributed by atoms with van der Waals surface area (Å²) in [5.74, 6) is 0.660. The Balaban J connectivity index is 0.788. The van der Waals surface area contributed by atoms with E-state index in [2.05, 4.69) is 41.7 Å². The molecule has 3 N–H and O–H groups in total. The molecular weight excluding hydrogens is 812 g/mol. The SMILES string of the molecule is CNC(=O)COc1cc2cc(Nc3nc(N4CCC(CN5CC[C@]6(CCN(c7ccc8c(c7)CN([C@@H]7CCC(=O)NC7=O)C8=O)C6)C5)CC4)ncc3Cl)ccc2n(C(C)C)c1=O. The number of ether oxygens (including phenoxy) is 1. The highest BCUT2D eigenvalue weighted by atomic mass is 35.5. The van der Waals surface area contributed by atoms with Crippen LogP contribution in [0.25, 0.3) is 10.9 Å². The predicted octanol–water partition coefficient (Wildman–Crippen LogP) is 4.47. The van der Waals surface area contributed by atoms with Crippen LogP contribution < -0.4 is 36.0 Å². The van der Waals surface area contributed by atoms with E-state index in [-0.39, 0.29) is 59.4 Å². The van der Waals surface area contributed by atoms with Gasteiger partial charge in [0, 0.05) is 93.1 Å². The number of carbonyl (C=O) groups excluding carboxylic acids is 4. The first kappa shape index (κ1) is 41.6. The van der Waals surface area contributed by atoms with Gasteiger partial charge in [-0.15, -0.1) is 0 Å². The Kier molecular flexibility index (Phi) is 11.3. The minimum absolute atomic E-state index is 0.0993. The molecule has 4 saturated heterocycles. The molecule has 4 fully saturated rings. The number of anilines is 4. The van der Waals surface area contributed by atoms with Crippen molar-refractivity contribution in [2.45, 2.75) is 71.0 Å². The van der Waals surface area contributed by atoms with E-state index >= 15 is 0 Å². The highest BCUT2D eigenvalue weighted by Crippen LogP contribution is 2.43. The van der Waals surface area contributed by atoms with Crippen LogP contribution in [0.1, 0.15) is 74.3 Å². The number of nitrogens with zero attached hydrogens (tertiary/aromatic N) is 7. The number of hydrogen-bond donors (Lipinski definition) is 3. The number of halogens is 1. The van der Waals surface area contributed by atoms with Crippen molar-refractivity contribution in [1.29, 1.82) is 0 Å². The molecular formula is C45H53ClN10O6. The van der Waals surface area contributed by atoms with Crippen molar-refractivity contribution < 1.29 is 23.9 Å². The summed E-state index contributed by atoms with van der Waals surface area (Å²) in [6, 6.07) is 12.7. The van der Waals surface area contributed by atoms with Gasteiger partial charge in [0.25, 0.3) is 17.4 Å². The van der Waals surface area contributed by atoms with Gasteiger partial charge in [-0.1, -0.05) is 11.6 Å². The van der Waals surface area contributed by atoms with Crippen LogP contribution in [-0.4, -0.2) is 113 Å². The molecule has 1 spiro atoms. The monoisotopic (exact) mass is 864 g/mol. The van der Waals surface area contributed by atoms with E-state index in [0.717, 1.165) is 92.9 Å². The summed E-state index contributed by atoms with van der Waals surface area (Å²) in [4.78, 5) is 81.0.